The molecule has 1 aliphatic heterocycles. The van der Waals surface area contributed by atoms with Crippen LogP contribution in [0.15, 0.2) is 0 Å². The summed E-state index contributed by atoms with van der Waals surface area (Å²) in [5.74, 6) is 0.275. The summed E-state index contributed by atoms with van der Waals surface area (Å²) in [6.07, 6.45) is 1.08. The lowest BCUT2D eigenvalue weighted by Gasteiger charge is -2.30. The zero-order chi connectivity index (χ0) is 12.2. The standard InChI is InChI=1S/C9H14Cl3NO3/c10-9(11,12)6-16-8(15)13-3-1-7(5-14)2-4-13/h7,14H,1-6H2. The number of hydrogen-bond donors (Lipinski definition) is 1. The fourth-order valence-electron chi connectivity index (χ4n) is 1.53. The van der Waals surface area contributed by atoms with Gasteiger partial charge in [-0.15, -0.1) is 0 Å². The van der Waals surface area contributed by atoms with Gasteiger partial charge in [0.1, 0.15) is 6.61 Å². The van der Waals surface area contributed by atoms with Crippen LogP contribution in [-0.2, 0) is 4.74 Å². The van der Waals surface area contributed by atoms with Crippen molar-refractivity contribution in [3.63, 3.8) is 0 Å². The molecule has 0 aromatic heterocycles. The summed E-state index contributed by atoms with van der Waals surface area (Å²) in [5, 5.41) is 8.94. The highest BCUT2D eigenvalue weighted by Gasteiger charge is 2.27. The third kappa shape index (κ3) is 4.95. The summed E-state index contributed by atoms with van der Waals surface area (Å²) in [6.45, 7) is 1.06. The van der Waals surface area contributed by atoms with Gasteiger partial charge in [0.2, 0.25) is 3.79 Å². The van der Waals surface area contributed by atoms with Crippen LogP contribution in [0.5, 0.6) is 0 Å². The van der Waals surface area contributed by atoms with E-state index in [1.807, 2.05) is 0 Å². The van der Waals surface area contributed by atoms with Crippen LogP contribution >= 0.6 is 34.8 Å². The second-order valence-corrected chi connectivity index (χ2v) is 6.30. The Labute approximate surface area is 109 Å². The molecule has 0 atom stereocenters. The number of carbonyl (C=O) groups is 1. The molecule has 1 saturated heterocycles. The first-order valence-corrected chi connectivity index (χ1v) is 6.15. The molecule has 1 aliphatic rings. The topological polar surface area (TPSA) is 49.8 Å². The summed E-state index contributed by atoms with van der Waals surface area (Å²) < 4.78 is 3.27. The van der Waals surface area contributed by atoms with Gasteiger partial charge in [0.25, 0.3) is 0 Å². The highest BCUT2D eigenvalue weighted by atomic mass is 35.6. The van der Waals surface area contributed by atoms with Gasteiger partial charge in [0.05, 0.1) is 0 Å². The Morgan fingerprint density at radius 3 is 2.38 bits per heavy atom. The van der Waals surface area contributed by atoms with Crippen LogP contribution in [0.1, 0.15) is 12.8 Å². The number of alkyl halides is 3. The van der Waals surface area contributed by atoms with E-state index in [1.54, 1.807) is 4.90 Å². The maximum atomic E-state index is 11.5. The predicted octanol–water partition coefficient (Wildman–Crippen LogP) is 2.20. The van der Waals surface area contributed by atoms with Crippen molar-refractivity contribution in [3.05, 3.63) is 0 Å². The van der Waals surface area contributed by atoms with E-state index >= 15 is 0 Å². The van der Waals surface area contributed by atoms with Gasteiger partial charge in [-0.3, -0.25) is 0 Å². The van der Waals surface area contributed by atoms with E-state index in [4.69, 9.17) is 44.6 Å². The zero-order valence-corrected chi connectivity index (χ0v) is 10.9. The van der Waals surface area contributed by atoms with Crippen LogP contribution in [0.4, 0.5) is 4.79 Å². The van der Waals surface area contributed by atoms with Crippen LogP contribution in [-0.4, -0.2) is 46.2 Å². The molecule has 0 aromatic rings. The van der Waals surface area contributed by atoms with E-state index in [0.717, 1.165) is 12.8 Å². The van der Waals surface area contributed by atoms with Crippen molar-refractivity contribution in [1.29, 1.82) is 0 Å². The van der Waals surface area contributed by atoms with Crippen molar-refractivity contribution in [2.24, 2.45) is 5.92 Å². The monoisotopic (exact) mass is 289 g/mol. The molecule has 4 nitrogen and oxygen atoms in total. The van der Waals surface area contributed by atoms with Crippen molar-refractivity contribution in [2.75, 3.05) is 26.3 Å². The average Bonchev–Trinajstić information content (AvgIpc) is 2.25. The maximum Gasteiger partial charge on any atom is 0.409 e. The Hall–Kier alpha value is 0.1000. The van der Waals surface area contributed by atoms with Gasteiger partial charge in [-0.25, -0.2) is 4.79 Å². The molecule has 0 unspecified atom stereocenters. The molecule has 1 fully saturated rings. The molecule has 1 amide bonds. The van der Waals surface area contributed by atoms with Crippen LogP contribution in [0.3, 0.4) is 0 Å². The Kier molecular flexibility index (Phi) is 5.44. The van der Waals surface area contributed by atoms with Crippen LogP contribution < -0.4 is 0 Å². The summed E-state index contributed by atoms with van der Waals surface area (Å²) in [4.78, 5) is 13.1. The smallest absolute Gasteiger partial charge is 0.409 e. The van der Waals surface area contributed by atoms with Gasteiger partial charge in [-0.2, -0.15) is 0 Å². The molecule has 0 saturated carbocycles. The molecule has 0 aliphatic carbocycles. The largest absolute Gasteiger partial charge is 0.445 e. The Morgan fingerprint density at radius 2 is 1.94 bits per heavy atom. The van der Waals surface area contributed by atoms with Crippen molar-refractivity contribution in [1.82, 2.24) is 4.90 Å². The number of amides is 1. The van der Waals surface area contributed by atoms with Gasteiger partial charge in [-0.05, 0) is 18.8 Å². The number of aliphatic hydroxyl groups is 1. The highest BCUT2D eigenvalue weighted by molar-refractivity contribution is 6.67. The van der Waals surface area contributed by atoms with E-state index in [0.29, 0.717) is 13.1 Å². The van der Waals surface area contributed by atoms with Gasteiger partial charge in [0, 0.05) is 19.7 Å². The van der Waals surface area contributed by atoms with E-state index in [2.05, 4.69) is 0 Å². The second kappa shape index (κ2) is 6.15. The summed E-state index contributed by atoms with van der Waals surface area (Å²) in [5.41, 5.74) is 0. The first kappa shape index (κ1) is 14.2. The molecule has 1 heterocycles. The number of piperidine rings is 1. The van der Waals surface area contributed by atoms with Gasteiger partial charge in [0.15, 0.2) is 0 Å². The summed E-state index contributed by atoms with van der Waals surface area (Å²) in [6, 6.07) is 0. The minimum atomic E-state index is -1.57. The van der Waals surface area contributed by atoms with Crippen molar-refractivity contribution >= 4 is 40.9 Å². The molecular formula is C9H14Cl3NO3. The normalized spacial score (nSPS) is 18.6. The van der Waals surface area contributed by atoms with Crippen LogP contribution in [0.25, 0.3) is 0 Å². The molecule has 0 spiro atoms. The third-order valence-electron chi connectivity index (χ3n) is 2.49. The number of carbonyl (C=O) groups excluding carboxylic acids is 1. The van der Waals surface area contributed by atoms with Gasteiger partial charge < -0.3 is 14.7 Å². The SMILES string of the molecule is O=C(OCC(Cl)(Cl)Cl)N1CCC(CO)CC1. The lowest BCUT2D eigenvalue weighted by atomic mass is 9.98. The van der Waals surface area contributed by atoms with E-state index < -0.39 is 9.89 Å². The second-order valence-electron chi connectivity index (χ2n) is 3.78. The average molecular weight is 291 g/mol. The molecule has 94 valence electrons. The van der Waals surface area contributed by atoms with Crippen LogP contribution in [0, 0.1) is 5.92 Å². The number of halogens is 3. The molecular weight excluding hydrogens is 276 g/mol. The molecule has 16 heavy (non-hydrogen) atoms. The van der Waals surface area contributed by atoms with E-state index in [9.17, 15) is 4.79 Å². The highest BCUT2D eigenvalue weighted by Crippen LogP contribution is 2.26. The fourth-order valence-corrected chi connectivity index (χ4v) is 1.70. The number of hydrogen-bond acceptors (Lipinski definition) is 3. The van der Waals surface area contributed by atoms with Crippen LogP contribution in [0.2, 0.25) is 0 Å². The Morgan fingerprint density at radius 1 is 1.38 bits per heavy atom. The maximum absolute atomic E-state index is 11.5. The third-order valence-corrected chi connectivity index (χ3v) is 2.82. The molecule has 0 radical (unpaired) electrons. The lowest BCUT2D eigenvalue weighted by Crippen LogP contribution is -2.40. The number of likely N-dealkylation sites (tertiary alicyclic amines) is 1. The molecule has 7 heteroatoms. The zero-order valence-electron chi connectivity index (χ0n) is 8.66. The molecule has 1 N–H and O–H groups in total. The Balaban J connectivity index is 2.28. The Bertz CT molecular complexity index is 237. The molecule has 0 bridgehead atoms. The lowest BCUT2D eigenvalue weighted by molar-refractivity contribution is 0.0799. The molecule has 1 rings (SSSR count). The number of aliphatic hydroxyl groups excluding tert-OH is 1. The van der Waals surface area contributed by atoms with Crippen molar-refractivity contribution in [3.8, 4) is 0 Å². The minimum absolute atomic E-state index is 0.164. The predicted molar refractivity (Wildman–Crippen MR) is 63.0 cm³/mol. The first-order valence-electron chi connectivity index (χ1n) is 5.01. The first-order chi connectivity index (χ1) is 7.42. The van der Waals surface area contributed by atoms with Crippen molar-refractivity contribution < 1.29 is 14.6 Å². The van der Waals surface area contributed by atoms with Gasteiger partial charge in [-0.1, -0.05) is 34.8 Å². The quantitative estimate of drug-likeness (QED) is 0.793. The number of ether oxygens (including phenoxy) is 1. The van der Waals surface area contributed by atoms with E-state index in [1.165, 1.54) is 0 Å². The number of nitrogens with zero attached hydrogens (tertiary/aromatic N) is 1. The molecule has 0 aromatic carbocycles. The number of rotatable bonds is 2. The summed E-state index contributed by atoms with van der Waals surface area (Å²) >= 11 is 16.4. The fraction of sp³-hybridized carbons (Fsp3) is 0.889. The van der Waals surface area contributed by atoms with Gasteiger partial charge >= 0.3 is 6.09 Å². The summed E-state index contributed by atoms with van der Waals surface area (Å²) in [7, 11) is 0. The van der Waals surface area contributed by atoms with E-state index in [-0.39, 0.29) is 19.1 Å². The minimum Gasteiger partial charge on any atom is -0.445 e. The van der Waals surface area contributed by atoms with Crippen molar-refractivity contribution in [2.45, 2.75) is 16.6 Å².